The number of hydrogen-bond acceptors (Lipinski definition) is 2. The van der Waals surface area contributed by atoms with Crippen molar-refractivity contribution >= 4 is 34.6 Å². The Balaban J connectivity index is 1.31. The first-order valence-electron chi connectivity index (χ1n) is 10.4. The molecule has 0 bridgehead atoms. The molecule has 2 atom stereocenters. The highest BCUT2D eigenvalue weighted by molar-refractivity contribution is 6.31. The van der Waals surface area contributed by atoms with Crippen molar-refractivity contribution < 1.29 is 4.79 Å². The fraction of sp³-hybridized carbons (Fsp3) is 0.154. The van der Waals surface area contributed by atoms with Crippen LogP contribution in [0.2, 0.25) is 5.02 Å². The van der Waals surface area contributed by atoms with Gasteiger partial charge in [0, 0.05) is 40.1 Å². The number of nitrogens with one attached hydrogen (secondary N) is 1. The largest absolute Gasteiger partial charge is 0.342 e. The molecule has 3 aromatic carbocycles. The number of rotatable bonds is 6. The maximum absolute atomic E-state index is 12.5. The van der Waals surface area contributed by atoms with Crippen molar-refractivity contribution in [1.82, 2.24) is 9.99 Å². The van der Waals surface area contributed by atoms with Crippen LogP contribution in [-0.2, 0) is 11.3 Å². The number of nitrogens with zero attached hydrogens (tertiary/aromatic N) is 2. The van der Waals surface area contributed by atoms with E-state index in [-0.39, 0.29) is 11.8 Å². The third kappa shape index (κ3) is 4.12. The maximum atomic E-state index is 12.5. The summed E-state index contributed by atoms with van der Waals surface area (Å²) in [6, 6.07) is 26.2. The topological polar surface area (TPSA) is 46.4 Å². The number of fused-ring (bicyclic) bond motifs is 1. The Hall–Kier alpha value is -3.37. The van der Waals surface area contributed by atoms with Crippen LogP contribution < -0.4 is 5.43 Å². The summed E-state index contributed by atoms with van der Waals surface area (Å²) in [7, 11) is 0. The normalized spacial score (nSPS) is 17.8. The zero-order valence-electron chi connectivity index (χ0n) is 16.9. The lowest BCUT2D eigenvalue weighted by Crippen LogP contribution is -2.20. The van der Waals surface area contributed by atoms with Gasteiger partial charge in [0.05, 0.1) is 6.21 Å². The molecule has 0 aliphatic heterocycles. The minimum atomic E-state index is -0.0232. The Bertz CT molecular complexity index is 1260. The molecule has 0 saturated heterocycles. The van der Waals surface area contributed by atoms with E-state index in [4.69, 9.17) is 11.6 Å². The molecule has 4 nitrogen and oxygen atoms in total. The number of aromatic nitrogens is 1. The van der Waals surface area contributed by atoms with Crippen LogP contribution in [0.4, 0.5) is 0 Å². The number of carbonyl (C=O) groups excluding carboxylic acids is 1. The molecule has 1 heterocycles. The summed E-state index contributed by atoms with van der Waals surface area (Å²) < 4.78 is 2.16. The summed E-state index contributed by atoms with van der Waals surface area (Å²) in [5.74, 6) is 0.278. The molecular formula is C26H22ClN3O. The molecule has 4 aromatic rings. The van der Waals surface area contributed by atoms with Gasteiger partial charge in [-0.3, -0.25) is 4.79 Å². The third-order valence-electron chi connectivity index (χ3n) is 5.85. The minimum absolute atomic E-state index is 0.00103. The predicted molar refractivity (Wildman–Crippen MR) is 126 cm³/mol. The van der Waals surface area contributed by atoms with E-state index in [1.54, 1.807) is 6.21 Å². The number of halogens is 1. The molecule has 0 spiro atoms. The Morgan fingerprint density at radius 3 is 2.61 bits per heavy atom. The van der Waals surface area contributed by atoms with Crippen molar-refractivity contribution in [2.75, 3.05) is 0 Å². The monoisotopic (exact) mass is 427 g/mol. The molecule has 31 heavy (non-hydrogen) atoms. The predicted octanol–water partition coefficient (Wildman–Crippen LogP) is 5.60. The fourth-order valence-electron chi connectivity index (χ4n) is 4.12. The smallest absolute Gasteiger partial charge is 0.243 e. The number of benzene rings is 3. The van der Waals surface area contributed by atoms with E-state index in [1.165, 1.54) is 5.56 Å². The van der Waals surface area contributed by atoms with E-state index in [0.717, 1.165) is 33.5 Å². The van der Waals surface area contributed by atoms with E-state index in [2.05, 4.69) is 39.4 Å². The van der Waals surface area contributed by atoms with Crippen molar-refractivity contribution in [3.05, 3.63) is 107 Å². The van der Waals surface area contributed by atoms with Crippen molar-refractivity contribution in [2.24, 2.45) is 11.0 Å². The Labute approximate surface area is 186 Å². The van der Waals surface area contributed by atoms with Crippen molar-refractivity contribution in [3.63, 3.8) is 0 Å². The Morgan fingerprint density at radius 1 is 1.03 bits per heavy atom. The first kappa shape index (κ1) is 19.6. The number of hydrogen-bond donors (Lipinski definition) is 1. The highest BCUT2D eigenvalue weighted by Crippen LogP contribution is 2.47. The van der Waals surface area contributed by atoms with E-state index in [9.17, 15) is 4.79 Å². The van der Waals surface area contributed by atoms with Crippen LogP contribution >= 0.6 is 11.6 Å². The van der Waals surface area contributed by atoms with Crippen molar-refractivity contribution in [2.45, 2.75) is 18.9 Å². The van der Waals surface area contributed by atoms with Crippen LogP contribution in [0.15, 0.2) is 90.2 Å². The molecule has 0 unspecified atom stereocenters. The molecule has 1 amide bonds. The molecule has 1 saturated carbocycles. The lowest BCUT2D eigenvalue weighted by atomic mass is 10.1. The van der Waals surface area contributed by atoms with E-state index in [1.807, 2.05) is 60.8 Å². The van der Waals surface area contributed by atoms with Gasteiger partial charge in [-0.05, 0) is 35.6 Å². The number of hydrazone groups is 1. The molecule has 1 aromatic heterocycles. The second-order valence-corrected chi connectivity index (χ2v) is 8.32. The van der Waals surface area contributed by atoms with Gasteiger partial charge in [0.25, 0.3) is 0 Å². The fourth-order valence-corrected chi connectivity index (χ4v) is 4.32. The molecule has 1 N–H and O–H groups in total. The SMILES string of the molecule is O=C(NN=Cc1cn(Cc2ccccc2Cl)c2ccccc12)[C@H]1C[C@@H]1c1ccccc1. The number of para-hydroxylation sites is 1. The van der Waals surface area contributed by atoms with Crippen LogP contribution in [0.1, 0.15) is 29.0 Å². The first-order chi connectivity index (χ1) is 15.2. The standard InChI is InChI=1S/C26H22ClN3O/c27-24-12-6-4-10-19(24)16-30-17-20(21-11-5-7-13-25(21)30)15-28-29-26(31)23-14-22(23)18-8-2-1-3-9-18/h1-13,15,17,22-23H,14,16H2,(H,29,31)/t22-,23+/m1/s1. The van der Waals surface area contributed by atoms with Gasteiger partial charge in [0.1, 0.15) is 0 Å². The molecule has 5 heteroatoms. The molecule has 1 aliphatic carbocycles. The van der Waals surface area contributed by atoms with Gasteiger partial charge in [-0.1, -0.05) is 78.3 Å². The first-order valence-corrected chi connectivity index (χ1v) is 10.8. The van der Waals surface area contributed by atoms with Crippen LogP contribution in [0.25, 0.3) is 10.9 Å². The van der Waals surface area contributed by atoms with Crippen LogP contribution in [0.5, 0.6) is 0 Å². The Morgan fingerprint density at radius 2 is 1.77 bits per heavy atom. The zero-order valence-corrected chi connectivity index (χ0v) is 17.7. The molecule has 0 radical (unpaired) electrons. The summed E-state index contributed by atoms with van der Waals surface area (Å²) in [5.41, 5.74) is 7.06. The highest BCUT2D eigenvalue weighted by atomic mass is 35.5. The van der Waals surface area contributed by atoms with Gasteiger partial charge in [0.2, 0.25) is 5.91 Å². The quantitative estimate of drug-likeness (QED) is 0.316. The average Bonchev–Trinajstić information content (AvgIpc) is 3.54. The molecule has 5 rings (SSSR count). The summed E-state index contributed by atoms with van der Waals surface area (Å²) in [6.07, 6.45) is 4.65. The number of carbonyl (C=O) groups is 1. The second-order valence-electron chi connectivity index (χ2n) is 7.91. The van der Waals surface area contributed by atoms with Gasteiger partial charge in [-0.15, -0.1) is 0 Å². The van der Waals surface area contributed by atoms with Gasteiger partial charge in [-0.25, -0.2) is 5.43 Å². The number of amides is 1. The van der Waals surface area contributed by atoms with Crippen LogP contribution in [0.3, 0.4) is 0 Å². The van der Waals surface area contributed by atoms with E-state index >= 15 is 0 Å². The summed E-state index contributed by atoms with van der Waals surface area (Å²) in [4.78, 5) is 12.5. The van der Waals surface area contributed by atoms with Gasteiger partial charge < -0.3 is 4.57 Å². The second kappa shape index (κ2) is 8.40. The molecular weight excluding hydrogens is 406 g/mol. The van der Waals surface area contributed by atoms with E-state index < -0.39 is 0 Å². The zero-order chi connectivity index (χ0) is 21.2. The lowest BCUT2D eigenvalue weighted by molar-refractivity contribution is -0.122. The van der Waals surface area contributed by atoms with Gasteiger partial charge in [-0.2, -0.15) is 5.10 Å². The summed E-state index contributed by atoms with van der Waals surface area (Å²) in [6.45, 7) is 0.668. The van der Waals surface area contributed by atoms with Crippen LogP contribution in [0, 0.1) is 5.92 Å². The highest BCUT2D eigenvalue weighted by Gasteiger charge is 2.43. The van der Waals surface area contributed by atoms with Crippen LogP contribution in [-0.4, -0.2) is 16.7 Å². The van der Waals surface area contributed by atoms with Crippen molar-refractivity contribution in [1.29, 1.82) is 0 Å². The summed E-state index contributed by atoms with van der Waals surface area (Å²) >= 11 is 6.35. The van der Waals surface area contributed by atoms with Crippen molar-refractivity contribution in [3.8, 4) is 0 Å². The average molecular weight is 428 g/mol. The maximum Gasteiger partial charge on any atom is 0.243 e. The summed E-state index contributed by atoms with van der Waals surface area (Å²) in [5, 5.41) is 6.09. The molecule has 1 fully saturated rings. The molecule has 1 aliphatic rings. The molecule has 154 valence electrons. The lowest BCUT2D eigenvalue weighted by Gasteiger charge is -2.07. The van der Waals surface area contributed by atoms with E-state index in [0.29, 0.717) is 12.5 Å². The van der Waals surface area contributed by atoms with Gasteiger partial charge in [0.15, 0.2) is 0 Å². The van der Waals surface area contributed by atoms with Gasteiger partial charge >= 0.3 is 0 Å². The third-order valence-corrected chi connectivity index (χ3v) is 6.22. The Kier molecular flexibility index (Phi) is 5.31. The minimum Gasteiger partial charge on any atom is -0.342 e.